The van der Waals surface area contributed by atoms with Crippen molar-refractivity contribution in [2.45, 2.75) is 26.3 Å². The normalized spacial score (nSPS) is 11.6. The molecule has 3 rings (SSSR count). The van der Waals surface area contributed by atoms with E-state index in [1.165, 1.54) is 4.68 Å². The molecule has 3 aromatic rings. The van der Waals surface area contributed by atoms with Crippen LogP contribution in [0, 0.1) is 13.8 Å². The predicted octanol–water partition coefficient (Wildman–Crippen LogP) is 1.99. The summed E-state index contributed by atoms with van der Waals surface area (Å²) in [6, 6.07) is 13.5. The summed E-state index contributed by atoms with van der Waals surface area (Å²) in [5.41, 5.74) is 2.70. The Morgan fingerprint density at radius 1 is 1.14 bits per heavy atom. The maximum Gasteiger partial charge on any atom is 0.270 e. The number of rotatable bonds is 7. The number of aromatic nitrogens is 3. The van der Waals surface area contributed by atoms with Gasteiger partial charge < -0.3 is 5.32 Å². The van der Waals surface area contributed by atoms with Crippen molar-refractivity contribution < 1.29 is 14.4 Å². The number of hydrogen-bond acceptors (Lipinski definition) is 5. The van der Waals surface area contributed by atoms with E-state index in [-0.39, 0.29) is 18.4 Å². The number of aryl methyl sites for hydroxylation is 2. The largest absolute Gasteiger partial charge is 0.340 e. The molecule has 0 saturated heterocycles. The van der Waals surface area contributed by atoms with Crippen molar-refractivity contribution in [1.82, 2.24) is 20.1 Å². The zero-order valence-corrected chi connectivity index (χ0v) is 15.6. The summed E-state index contributed by atoms with van der Waals surface area (Å²) in [7, 11) is 0. The van der Waals surface area contributed by atoms with Crippen LogP contribution in [0.2, 0.25) is 0 Å². The van der Waals surface area contributed by atoms with E-state index in [1.807, 2.05) is 43.3 Å². The minimum absolute atomic E-state index is 0.222. The fraction of sp³-hybridized carbons (Fsp3) is 0.190. The van der Waals surface area contributed by atoms with Crippen LogP contribution >= 0.6 is 0 Å². The van der Waals surface area contributed by atoms with Crippen molar-refractivity contribution in [3.63, 3.8) is 0 Å². The maximum atomic E-state index is 12.9. The van der Waals surface area contributed by atoms with Crippen molar-refractivity contribution in [2.75, 3.05) is 0 Å². The molecule has 2 aromatic heterocycles. The van der Waals surface area contributed by atoms with Gasteiger partial charge in [-0.15, -0.1) is 0 Å². The molecule has 1 N–H and O–H groups in total. The zero-order valence-electron chi connectivity index (χ0n) is 15.6. The third-order valence-electron chi connectivity index (χ3n) is 4.22. The van der Waals surface area contributed by atoms with Crippen molar-refractivity contribution in [3.8, 4) is 5.82 Å². The summed E-state index contributed by atoms with van der Waals surface area (Å²) in [6.07, 6.45) is 2.14. The molecule has 1 atom stereocenters. The smallest absolute Gasteiger partial charge is 0.270 e. The Balaban J connectivity index is 1.87. The summed E-state index contributed by atoms with van der Waals surface area (Å²) in [6.45, 7) is 3.68. The second kappa shape index (κ2) is 8.39. The molecule has 0 aliphatic heterocycles. The topological polar surface area (TPSA) is 94.0 Å². The molecule has 7 nitrogen and oxygen atoms in total. The lowest BCUT2D eigenvalue weighted by Gasteiger charge is -2.16. The van der Waals surface area contributed by atoms with Gasteiger partial charge in [0.05, 0.1) is 11.7 Å². The Morgan fingerprint density at radius 3 is 2.54 bits per heavy atom. The average molecular weight is 376 g/mol. The molecule has 7 heteroatoms. The lowest BCUT2D eigenvalue weighted by atomic mass is 10.0. The molecule has 0 fully saturated rings. The number of aldehydes is 1. The predicted molar refractivity (Wildman–Crippen MR) is 103 cm³/mol. The molecule has 142 valence electrons. The number of pyridine rings is 1. The van der Waals surface area contributed by atoms with Gasteiger partial charge in [-0.3, -0.25) is 14.4 Å². The highest BCUT2D eigenvalue weighted by Crippen LogP contribution is 2.12. The van der Waals surface area contributed by atoms with Crippen LogP contribution in [0.1, 0.15) is 27.3 Å². The fourth-order valence-electron chi connectivity index (χ4n) is 2.81. The van der Waals surface area contributed by atoms with Gasteiger partial charge in [0.25, 0.3) is 5.91 Å². The quantitative estimate of drug-likeness (QED) is 0.503. The molecule has 0 radical (unpaired) electrons. The van der Waals surface area contributed by atoms with E-state index in [9.17, 15) is 14.4 Å². The number of amides is 1. The summed E-state index contributed by atoms with van der Waals surface area (Å²) in [5, 5.41) is 6.99. The molecule has 0 bridgehead atoms. The number of Topliss-reactive ketones (excluding diaryl/α,β-unsaturated/α-hetero) is 1. The second-order valence-corrected chi connectivity index (χ2v) is 6.51. The summed E-state index contributed by atoms with van der Waals surface area (Å²) >= 11 is 0. The van der Waals surface area contributed by atoms with Crippen LogP contribution in [-0.4, -0.2) is 38.8 Å². The van der Waals surface area contributed by atoms with Gasteiger partial charge in [-0.05, 0) is 37.1 Å². The molecule has 1 aromatic carbocycles. The van der Waals surface area contributed by atoms with Crippen molar-refractivity contribution >= 4 is 18.0 Å². The third kappa shape index (κ3) is 4.37. The summed E-state index contributed by atoms with van der Waals surface area (Å²) in [5.74, 6) is -0.697. The maximum absolute atomic E-state index is 12.9. The SMILES string of the molecule is Cc1ccc(-n2nc(C)cc2C(=O)NC(Cc2ccccc2)C(=O)C=O)nc1. The van der Waals surface area contributed by atoms with Crippen LogP contribution in [0.3, 0.4) is 0 Å². The molecule has 1 amide bonds. The van der Waals surface area contributed by atoms with Crippen molar-refractivity contribution in [3.05, 3.63) is 77.2 Å². The first-order valence-corrected chi connectivity index (χ1v) is 8.81. The van der Waals surface area contributed by atoms with Crippen molar-refractivity contribution in [2.24, 2.45) is 0 Å². The summed E-state index contributed by atoms with van der Waals surface area (Å²) in [4.78, 5) is 40.3. The van der Waals surface area contributed by atoms with Gasteiger partial charge in [-0.25, -0.2) is 9.67 Å². The Morgan fingerprint density at radius 2 is 1.89 bits per heavy atom. The minimum Gasteiger partial charge on any atom is -0.340 e. The van der Waals surface area contributed by atoms with Gasteiger partial charge in [-0.1, -0.05) is 36.4 Å². The van der Waals surface area contributed by atoms with Gasteiger partial charge >= 0.3 is 0 Å². The number of carbonyl (C=O) groups is 3. The van der Waals surface area contributed by atoms with E-state index >= 15 is 0 Å². The van der Waals surface area contributed by atoms with Crippen LogP contribution in [0.4, 0.5) is 0 Å². The molecule has 28 heavy (non-hydrogen) atoms. The Bertz CT molecular complexity index is 994. The fourth-order valence-corrected chi connectivity index (χ4v) is 2.81. The standard InChI is InChI=1S/C21H20N4O3/c1-14-8-9-20(22-12-14)25-18(10-15(2)24-25)21(28)23-17(19(27)13-26)11-16-6-4-3-5-7-16/h3-10,12-13,17H,11H2,1-2H3,(H,23,28). The van der Waals surface area contributed by atoms with Crippen LogP contribution in [-0.2, 0) is 16.0 Å². The number of nitrogens with zero attached hydrogens (tertiary/aromatic N) is 3. The number of carbonyl (C=O) groups excluding carboxylic acids is 3. The van der Waals surface area contributed by atoms with Crippen molar-refractivity contribution in [1.29, 1.82) is 0 Å². The van der Waals surface area contributed by atoms with Crippen LogP contribution in [0.15, 0.2) is 54.7 Å². The number of nitrogens with one attached hydrogen (secondary N) is 1. The molecule has 2 heterocycles. The monoisotopic (exact) mass is 376 g/mol. The molecule has 0 saturated carbocycles. The number of benzene rings is 1. The molecule has 1 unspecified atom stereocenters. The minimum atomic E-state index is -0.956. The third-order valence-corrected chi connectivity index (χ3v) is 4.22. The lowest BCUT2D eigenvalue weighted by molar-refractivity contribution is -0.131. The van der Waals surface area contributed by atoms with Gasteiger partial charge in [-0.2, -0.15) is 5.10 Å². The van der Waals surface area contributed by atoms with E-state index in [4.69, 9.17) is 0 Å². The first kappa shape index (κ1) is 19.2. The highest BCUT2D eigenvalue weighted by molar-refractivity contribution is 6.28. The first-order valence-electron chi connectivity index (χ1n) is 8.81. The average Bonchev–Trinajstić information content (AvgIpc) is 3.10. The van der Waals surface area contributed by atoms with E-state index in [2.05, 4.69) is 15.4 Å². The molecule has 0 aliphatic carbocycles. The van der Waals surface area contributed by atoms with Gasteiger partial charge in [0.1, 0.15) is 5.69 Å². The highest BCUT2D eigenvalue weighted by Gasteiger charge is 2.24. The number of ketones is 1. The highest BCUT2D eigenvalue weighted by atomic mass is 16.2. The second-order valence-electron chi connectivity index (χ2n) is 6.51. The van der Waals surface area contributed by atoms with Crippen LogP contribution in [0.5, 0.6) is 0 Å². The lowest BCUT2D eigenvalue weighted by Crippen LogP contribution is -2.43. The van der Waals surface area contributed by atoms with E-state index in [0.717, 1.165) is 11.1 Å². The van der Waals surface area contributed by atoms with Crippen LogP contribution < -0.4 is 5.32 Å². The van der Waals surface area contributed by atoms with Gasteiger partial charge in [0.2, 0.25) is 5.78 Å². The van der Waals surface area contributed by atoms with Crippen LogP contribution in [0.25, 0.3) is 5.82 Å². The van der Waals surface area contributed by atoms with E-state index in [0.29, 0.717) is 11.5 Å². The first-order chi connectivity index (χ1) is 13.5. The molecule has 0 spiro atoms. The zero-order chi connectivity index (χ0) is 20.1. The molecular weight excluding hydrogens is 356 g/mol. The van der Waals surface area contributed by atoms with Gasteiger partial charge in [0.15, 0.2) is 12.1 Å². The number of hydrogen-bond donors (Lipinski definition) is 1. The van der Waals surface area contributed by atoms with E-state index in [1.54, 1.807) is 25.3 Å². The Hall–Kier alpha value is -3.61. The molecule has 0 aliphatic rings. The van der Waals surface area contributed by atoms with E-state index < -0.39 is 17.7 Å². The van der Waals surface area contributed by atoms with Gasteiger partial charge in [0, 0.05) is 12.6 Å². The Labute approximate surface area is 162 Å². The Kier molecular flexibility index (Phi) is 5.74. The molecular formula is C21H20N4O3. The summed E-state index contributed by atoms with van der Waals surface area (Å²) < 4.78 is 1.43.